The number of benzene rings is 1. The van der Waals surface area contributed by atoms with Gasteiger partial charge in [-0.3, -0.25) is 4.79 Å². The molecule has 1 amide bonds. The molecular weight excluding hydrogens is 285 g/mol. The summed E-state index contributed by atoms with van der Waals surface area (Å²) < 4.78 is 5.16. The van der Waals surface area contributed by atoms with Crippen molar-refractivity contribution in [1.29, 1.82) is 0 Å². The van der Waals surface area contributed by atoms with Gasteiger partial charge in [0.25, 0.3) is 5.91 Å². The number of nitrogens with one attached hydrogen (secondary N) is 1. The summed E-state index contributed by atoms with van der Waals surface area (Å²) in [6.07, 6.45) is 0.835. The maximum Gasteiger partial charge on any atom is 0.255 e. The predicted octanol–water partition coefficient (Wildman–Crippen LogP) is 3.73. The molecule has 1 N–H and O–H groups in total. The highest BCUT2D eigenvalue weighted by molar-refractivity contribution is 6.31. The largest absolute Gasteiger partial charge is 0.496 e. The van der Waals surface area contributed by atoms with Crippen LogP contribution in [0.15, 0.2) is 18.2 Å². The number of methoxy groups -OCH3 is 1. The van der Waals surface area contributed by atoms with Gasteiger partial charge >= 0.3 is 0 Å². The first-order chi connectivity index (χ1) is 8.89. The van der Waals surface area contributed by atoms with Gasteiger partial charge in [0.1, 0.15) is 5.75 Å². The van der Waals surface area contributed by atoms with E-state index in [4.69, 9.17) is 27.9 Å². The first-order valence-electron chi connectivity index (χ1n) is 6.07. The highest BCUT2D eigenvalue weighted by Crippen LogP contribution is 2.24. The summed E-state index contributed by atoms with van der Waals surface area (Å²) in [4.78, 5) is 12.1. The summed E-state index contributed by atoms with van der Waals surface area (Å²) in [5.74, 6) is 0.891. The van der Waals surface area contributed by atoms with Crippen LogP contribution in [0.5, 0.6) is 5.75 Å². The normalized spacial score (nSPS) is 11.2. The van der Waals surface area contributed by atoms with Gasteiger partial charge in [-0.15, -0.1) is 11.6 Å². The van der Waals surface area contributed by atoms with Gasteiger partial charge in [-0.1, -0.05) is 25.4 Å². The minimum absolute atomic E-state index is 0.0385. The molecule has 0 spiro atoms. The van der Waals surface area contributed by atoms with Crippen molar-refractivity contribution >= 4 is 29.1 Å². The van der Waals surface area contributed by atoms with Crippen LogP contribution in [0.25, 0.3) is 0 Å². The summed E-state index contributed by atoms with van der Waals surface area (Å²) >= 11 is 11.6. The minimum Gasteiger partial charge on any atom is -0.496 e. The molecule has 0 aliphatic heterocycles. The lowest BCUT2D eigenvalue weighted by Crippen LogP contribution is -2.34. The number of carbonyl (C=O) groups is 1. The van der Waals surface area contributed by atoms with Crippen molar-refractivity contribution in [1.82, 2.24) is 5.32 Å². The van der Waals surface area contributed by atoms with E-state index in [1.165, 1.54) is 7.11 Å². The van der Waals surface area contributed by atoms with E-state index >= 15 is 0 Å². The third-order valence-corrected chi connectivity index (χ3v) is 3.33. The highest BCUT2D eigenvalue weighted by atomic mass is 35.5. The van der Waals surface area contributed by atoms with Crippen molar-refractivity contribution in [3.8, 4) is 5.75 Å². The van der Waals surface area contributed by atoms with Crippen molar-refractivity contribution in [2.24, 2.45) is 5.41 Å². The van der Waals surface area contributed by atoms with E-state index in [2.05, 4.69) is 19.2 Å². The molecule has 1 aromatic rings. The Morgan fingerprint density at radius 2 is 2.11 bits per heavy atom. The van der Waals surface area contributed by atoms with E-state index in [0.29, 0.717) is 28.8 Å². The molecule has 0 heterocycles. The van der Waals surface area contributed by atoms with Crippen LogP contribution >= 0.6 is 23.2 Å². The van der Waals surface area contributed by atoms with Gasteiger partial charge in [0, 0.05) is 17.4 Å². The number of hydrogen-bond acceptors (Lipinski definition) is 2. The fraction of sp³-hybridized carbons (Fsp3) is 0.500. The van der Waals surface area contributed by atoms with Crippen LogP contribution in [-0.4, -0.2) is 25.4 Å². The molecule has 0 aliphatic rings. The van der Waals surface area contributed by atoms with Crippen LogP contribution in [-0.2, 0) is 0 Å². The Kier molecular flexibility index (Phi) is 5.95. The van der Waals surface area contributed by atoms with Gasteiger partial charge in [0.05, 0.1) is 12.7 Å². The Balaban J connectivity index is 2.76. The molecule has 5 heteroatoms. The van der Waals surface area contributed by atoms with Crippen molar-refractivity contribution in [3.63, 3.8) is 0 Å². The lowest BCUT2D eigenvalue weighted by molar-refractivity contribution is 0.0933. The molecule has 0 radical (unpaired) electrons. The second kappa shape index (κ2) is 7.01. The highest BCUT2D eigenvalue weighted by Gasteiger charge is 2.20. The molecule has 3 nitrogen and oxygen atoms in total. The van der Waals surface area contributed by atoms with E-state index in [1.807, 2.05) is 0 Å². The lowest BCUT2D eigenvalue weighted by Gasteiger charge is -2.24. The van der Waals surface area contributed by atoms with Crippen molar-refractivity contribution in [2.75, 3.05) is 19.5 Å². The van der Waals surface area contributed by atoms with Gasteiger partial charge < -0.3 is 10.1 Å². The molecule has 0 aromatic heterocycles. The molecule has 19 heavy (non-hydrogen) atoms. The average molecular weight is 304 g/mol. The zero-order chi connectivity index (χ0) is 14.5. The molecule has 0 fully saturated rings. The maximum atomic E-state index is 12.1. The van der Waals surface area contributed by atoms with Crippen molar-refractivity contribution in [3.05, 3.63) is 28.8 Å². The van der Waals surface area contributed by atoms with Crippen LogP contribution < -0.4 is 10.1 Å². The van der Waals surface area contributed by atoms with E-state index < -0.39 is 0 Å². The van der Waals surface area contributed by atoms with Crippen LogP contribution in [0.1, 0.15) is 30.6 Å². The summed E-state index contributed by atoms with van der Waals surface area (Å²) in [6, 6.07) is 4.97. The summed E-state index contributed by atoms with van der Waals surface area (Å²) in [5, 5.41) is 3.40. The van der Waals surface area contributed by atoms with Gasteiger partial charge in [-0.2, -0.15) is 0 Å². The predicted molar refractivity (Wildman–Crippen MR) is 79.5 cm³/mol. The fourth-order valence-corrected chi connectivity index (χ4v) is 2.30. The van der Waals surface area contributed by atoms with E-state index in [0.717, 1.165) is 6.42 Å². The average Bonchev–Trinajstić information content (AvgIpc) is 2.36. The van der Waals surface area contributed by atoms with Gasteiger partial charge in [-0.05, 0) is 30.0 Å². The van der Waals surface area contributed by atoms with Crippen LogP contribution in [0.2, 0.25) is 5.02 Å². The lowest BCUT2D eigenvalue weighted by atomic mass is 9.90. The number of halogens is 2. The number of ether oxygens (including phenoxy) is 1. The number of rotatable bonds is 6. The van der Waals surface area contributed by atoms with Crippen molar-refractivity contribution < 1.29 is 9.53 Å². The van der Waals surface area contributed by atoms with Gasteiger partial charge in [0.15, 0.2) is 0 Å². The molecule has 1 rings (SSSR count). The quantitative estimate of drug-likeness (QED) is 0.813. The number of carbonyl (C=O) groups excluding carboxylic acids is 1. The SMILES string of the molecule is COc1ccc(Cl)cc1C(=O)NCC(C)(C)CCCl. The van der Waals surface area contributed by atoms with Gasteiger partial charge in [-0.25, -0.2) is 0 Å². The Morgan fingerprint density at radius 1 is 1.42 bits per heavy atom. The molecule has 1 aromatic carbocycles. The molecule has 0 unspecified atom stereocenters. The number of hydrogen-bond donors (Lipinski definition) is 1. The number of alkyl halides is 1. The third kappa shape index (κ3) is 4.92. The zero-order valence-corrected chi connectivity index (χ0v) is 12.9. The molecule has 0 bridgehead atoms. The molecule has 106 valence electrons. The Morgan fingerprint density at radius 3 is 2.68 bits per heavy atom. The number of amides is 1. The zero-order valence-electron chi connectivity index (χ0n) is 11.4. The first kappa shape index (κ1) is 16.1. The molecular formula is C14H19Cl2NO2. The Labute approximate surface area is 124 Å². The van der Waals surface area contributed by atoms with Crippen molar-refractivity contribution in [2.45, 2.75) is 20.3 Å². The van der Waals surface area contributed by atoms with Crippen LogP contribution in [0.3, 0.4) is 0 Å². The minimum atomic E-state index is -0.193. The monoisotopic (exact) mass is 303 g/mol. The first-order valence-corrected chi connectivity index (χ1v) is 6.98. The van der Waals surface area contributed by atoms with E-state index in [1.54, 1.807) is 18.2 Å². The Hall–Kier alpha value is -0.930. The summed E-state index contributed by atoms with van der Waals surface area (Å²) in [5.41, 5.74) is 0.403. The second-order valence-electron chi connectivity index (χ2n) is 5.13. The summed E-state index contributed by atoms with van der Waals surface area (Å²) in [6.45, 7) is 4.67. The van der Waals surface area contributed by atoms with Gasteiger partial charge in [0.2, 0.25) is 0 Å². The summed E-state index contributed by atoms with van der Waals surface area (Å²) in [7, 11) is 1.53. The van der Waals surface area contributed by atoms with Crippen LogP contribution in [0, 0.1) is 5.41 Å². The van der Waals surface area contributed by atoms with E-state index in [9.17, 15) is 4.79 Å². The van der Waals surface area contributed by atoms with Crippen LogP contribution in [0.4, 0.5) is 0 Å². The van der Waals surface area contributed by atoms with E-state index in [-0.39, 0.29) is 11.3 Å². The second-order valence-corrected chi connectivity index (χ2v) is 5.94. The smallest absolute Gasteiger partial charge is 0.255 e. The fourth-order valence-electron chi connectivity index (χ4n) is 1.62. The standard InChI is InChI=1S/C14H19Cl2NO2/c1-14(2,6-7-15)9-17-13(18)11-8-10(16)4-5-12(11)19-3/h4-5,8H,6-7,9H2,1-3H3,(H,17,18). The molecule has 0 saturated heterocycles. The molecule has 0 atom stereocenters. The Bertz CT molecular complexity index is 447. The molecule has 0 saturated carbocycles. The molecule has 0 aliphatic carbocycles. The topological polar surface area (TPSA) is 38.3 Å². The maximum absolute atomic E-state index is 12.1. The third-order valence-electron chi connectivity index (χ3n) is 2.90.